The van der Waals surface area contributed by atoms with E-state index < -0.39 is 17.3 Å². The predicted molar refractivity (Wildman–Crippen MR) is 231 cm³/mol. The number of nitrogens with one attached hydrogen (secondary N) is 1. The quantitative estimate of drug-likeness (QED) is 0.171. The molecule has 0 spiro atoms. The maximum Gasteiger partial charge on any atom is 0.438 e. The molecule has 10 rings (SSSR count). The van der Waals surface area contributed by atoms with Gasteiger partial charge in [-0.15, -0.1) is 0 Å². The van der Waals surface area contributed by atoms with Crippen LogP contribution in [0.3, 0.4) is 0 Å². The van der Waals surface area contributed by atoms with E-state index in [1.165, 1.54) is 15.0 Å². The Labute approximate surface area is 362 Å². The number of rotatable bonds is 9. The van der Waals surface area contributed by atoms with Crippen molar-refractivity contribution in [2.75, 3.05) is 44.9 Å². The predicted octanol–water partition coefficient (Wildman–Crippen LogP) is 6.51. The van der Waals surface area contributed by atoms with Crippen LogP contribution in [-0.2, 0) is 23.2 Å². The minimum absolute atomic E-state index is 0.0120. The highest BCUT2D eigenvalue weighted by Crippen LogP contribution is 2.56. The van der Waals surface area contributed by atoms with Crippen LogP contribution in [0.2, 0.25) is 0 Å². The summed E-state index contributed by atoms with van der Waals surface area (Å²) in [5.41, 5.74) is 3.97. The van der Waals surface area contributed by atoms with Crippen molar-refractivity contribution in [3.8, 4) is 11.4 Å². The minimum Gasteiger partial charge on any atom is -0.497 e. The zero-order chi connectivity index (χ0) is 43.9. The van der Waals surface area contributed by atoms with Crippen LogP contribution in [0.15, 0.2) is 74.8 Å². The van der Waals surface area contributed by atoms with E-state index in [-0.39, 0.29) is 54.7 Å². The first-order chi connectivity index (χ1) is 30.4. The minimum atomic E-state index is -0.840. The monoisotopic (exact) mass is 856 g/mol. The molecule has 1 aliphatic carbocycles. The van der Waals surface area contributed by atoms with Gasteiger partial charge >= 0.3 is 11.8 Å². The molecule has 3 atom stereocenters. The number of aromatic amines is 1. The Bertz CT molecular complexity index is 2920. The second-order valence-electron chi connectivity index (χ2n) is 17.5. The van der Waals surface area contributed by atoms with E-state index in [1.54, 1.807) is 42.9 Å². The first kappa shape index (κ1) is 40.5. The number of benzene rings is 3. The van der Waals surface area contributed by atoms with Crippen LogP contribution in [0.25, 0.3) is 16.6 Å². The fourth-order valence-electron chi connectivity index (χ4n) is 10.2. The summed E-state index contributed by atoms with van der Waals surface area (Å²) in [6.45, 7) is 9.70. The van der Waals surface area contributed by atoms with Gasteiger partial charge in [-0.25, -0.2) is 23.5 Å². The SMILES string of the molecule is COc1cccc(CN2CCN(c3nc4c(c(=O)n3-c3cc(C)c(F)c(C)c3)CCN(C(=O)c3cc5cc(C6CCOCC6)ccc5n3[C@]3(c5noc(=O)[nH]5)C[C@@H]3C)[C@H]4C)C2=O)c1. The third kappa shape index (κ3) is 6.64. The van der Waals surface area contributed by atoms with Crippen LogP contribution < -0.4 is 21.0 Å². The molecule has 2 saturated heterocycles. The molecule has 15 nitrogen and oxygen atoms in total. The Kier molecular flexibility index (Phi) is 9.88. The van der Waals surface area contributed by atoms with E-state index in [4.69, 9.17) is 19.0 Å². The van der Waals surface area contributed by atoms with Crippen LogP contribution in [0.1, 0.15) is 94.9 Å². The number of aryl methyl sites for hydroxylation is 2. The summed E-state index contributed by atoms with van der Waals surface area (Å²) >= 11 is 0. The van der Waals surface area contributed by atoms with Gasteiger partial charge < -0.3 is 23.8 Å². The third-order valence-electron chi connectivity index (χ3n) is 13.7. The topological polar surface area (TPSA) is 161 Å². The van der Waals surface area contributed by atoms with Gasteiger partial charge in [0.1, 0.15) is 22.8 Å². The number of methoxy groups -OCH3 is 1. The fraction of sp³-hybridized carbons (Fsp3) is 0.404. The van der Waals surface area contributed by atoms with E-state index in [0.717, 1.165) is 29.3 Å². The molecule has 6 aromatic rings. The van der Waals surface area contributed by atoms with Crippen molar-refractivity contribution >= 4 is 28.8 Å². The smallest absolute Gasteiger partial charge is 0.438 e. The van der Waals surface area contributed by atoms with E-state index in [2.05, 4.69) is 35.3 Å². The average Bonchev–Trinajstić information content (AvgIpc) is 3.58. The molecule has 3 aliphatic heterocycles. The molecule has 16 heteroatoms. The van der Waals surface area contributed by atoms with Crippen LogP contribution in [0.5, 0.6) is 5.75 Å². The van der Waals surface area contributed by atoms with Crippen molar-refractivity contribution in [2.45, 2.75) is 77.4 Å². The maximum absolute atomic E-state index is 15.3. The van der Waals surface area contributed by atoms with Crippen molar-refractivity contribution < 1.29 is 28.0 Å². The number of carbonyl (C=O) groups excluding carboxylic acids is 2. The highest BCUT2D eigenvalue weighted by Gasteiger charge is 2.59. The Morgan fingerprint density at radius 1 is 0.984 bits per heavy atom. The number of aromatic nitrogens is 5. The molecule has 63 heavy (non-hydrogen) atoms. The average molecular weight is 857 g/mol. The van der Waals surface area contributed by atoms with Gasteiger partial charge in [0.2, 0.25) is 5.95 Å². The summed E-state index contributed by atoms with van der Waals surface area (Å²) in [7, 11) is 1.59. The molecular weight excluding hydrogens is 808 g/mol. The van der Waals surface area contributed by atoms with Gasteiger partial charge in [0, 0.05) is 55.9 Å². The van der Waals surface area contributed by atoms with Crippen LogP contribution in [0.4, 0.5) is 15.1 Å². The van der Waals surface area contributed by atoms with Gasteiger partial charge in [-0.3, -0.25) is 24.0 Å². The number of H-pyrrole nitrogens is 1. The molecule has 4 aliphatic rings. The van der Waals surface area contributed by atoms with Crippen molar-refractivity contribution in [1.29, 1.82) is 0 Å². The van der Waals surface area contributed by atoms with E-state index in [1.807, 2.05) is 41.8 Å². The number of hydrogen-bond acceptors (Lipinski definition) is 9. The maximum atomic E-state index is 15.3. The summed E-state index contributed by atoms with van der Waals surface area (Å²) in [6, 6.07) is 17.9. The van der Waals surface area contributed by atoms with E-state index in [9.17, 15) is 14.4 Å². The van der Waals surface area contributed by atoms with Crippen molar-refractivity contribution in [1.82, 2.24) is 34.1 Å². The van der Waals surface area contributed by atoms with Gasteiger partial charge in [-0.05, 0) is 123 Å². The van der Waals surface area contributed by atoms with Crippen LogP contribution in [0, 0.1) is 25.6 Å². The Hall–Kier alpha value is -6.55. The highest BCUT2D eigenvalue weighted by atomic mass is 19.1. The number of urea groups is 1. The molecule has 3 fully saturated rings. The number of amides is 3. The molecule has 6 heterocycles. The third-order valence-corrected chi connectivity index (χ3v) is 13.7. The summed E-state index contributed by atoms with van der Waals surface area (Å²) in [5.74, 6) is 0.135. The second-order valence-corrected chi connectivity index (χ2v) is 17.5. The first-order valence-electron chi connectivity index (χ1n) is 21.6. The first-order valence-corrected chi connectivity index (χ1v) is 21.6. The zero-order valence-corrected chi connectivity index (χ0v) is 35.9. The molecule has 3 amide bonds. The normalized spacial score (nSPS) is 21.4. The van der Waals surface area contributed by atoms with Gasteiger partial charge in [-0.2, -0.15) is 0 Å². The van der Waals surface area contributed by atoms with Gasteiger partial charge in [0.25, 0.3) is 11.5 Å². The summed E-state index contributed by atoms with van der Waals surface area (Å²) in [4.78, 5) is 69.7. The van der Waals surface area contributed by atoms with Gasteiger partial charge in [0.15, 0.2) is 5.82 Å². The highest BCUT2D eigenvalue weighted by molar-refractivity contribution is 6.00. The van der Waals surface area contributed by atoms with E-state index >= 15 is 9.18 Å². The molecule has 0 radical (unpaired) electrons. The van der Waals surface area contributed by atoms with Gasteiger partial charge in [-0.1, -0.05) is 30.3 Å². The molecule has 1 N–H and O–H groups in total. The lowest BCUT2D eigenvalue weighted by Gasteiger charge is -2.36. The summed E-state index contributed by atoms with van der Waals surface area (Å²) < 4.78 is 34.5. The molecule has 3 aromatic heterocycles. The number of fused-ring (bicyclic) bond motifs is 2. The van der Waals surface area contributed by atoms with Crippen LogP contribution in [-0.4, -0.2) is 86.0 Å². The largest absolute Gasteiger partial charge is 0.497 e. The van der Waals surface area contributed by atoms with Crippen molar-refractivity contribution in [3.05, 3.63) is 132 Å². The van der Waals surface area contributed by atoms with Crippen molar-refractivity contribution in [2.24, 2.45) is 5.92 Å². The zero-order valence-electron chi connectivity index (χ0n) is 35.9. The van der Waals surface area contributed by atoms with E-state index in [0.29, 0.717) is 84.0 Å². The molecule has 1 saturated carbocycles. The van der Waals surface area contributed by atoms with Crippen LogP contribution >= 0.6 is 0 Å². The molecule has 0 bridgehead atoms. The lowest BCUT2D eigenvalue weighted by atomic mass is 9.91. The Morgan fingerprint density at radius 3 is 2.44 bits per heavy atom. The molecule has 3 aromatic carbocycles. The number of anilines is 1. The summed E-state index contributed by atoms with van der Waals surface area (Å²) in [6.07, 6.45) is 2.62. The molecular formula is C47H49FN8O7. The fourth-order valence-corrected chi connectivity index (χ4v) is 10.2. The Balaban J connectivity index is 1.07. The summed E-state index contributed by atoms with van der Waals surface area (Å²) in [5, 5.41) is 5.03. The number of carbonyl (C=O) groups is 2. The number of nitrogens with zero attached hydrogens (tertiary/aromatic N) is 7. The number of hydrogen-bond donors (Lipinski definition) is 1. The van der Waals surface area contributed by atoms with Gasteiger partial charge in [0.05, 0.1) is 24.5 Å². The van der Waals surface area contributed by atoms with Crippen molar-refractivity contribution in [3.63, 3.8) is 0 Å². The standard InChI is InChI=1S/C47H49FN8O7/c1-26-19-34(20-27(2)39(26)48)55-41(57)36-11-14-53(29(4)40(36)49-44(55)54-16-15-52(46(54)60)25-30-7-6-8-35(21-30)61-5)42(58)38-23-33-22-32(31-12-17-62-18-13-31)9-10-37(33)56(38)47(24-28(47)3)43-50-45(59)63-51-43/h6-10,19-23,28-29,31H,11-18,24-25H2,1-5H3,(H,50,51,59)/t28-,29-,47+/m0/s1. The number of ether oxygens (including phenoxy) is 2. The number of halogens is 1. The lowest BCUT2D eigenvalue weighted by molar-refractivity contribution is 0.0658. The Morgan fingerprint density at radius 2 is 1.75 bits per heavy atom. The lowest BCUT2D eigenvalue weighted by Crippen LogP contribution is -2.45. The molecule has 326 valence electrons. The second kappa shape index (κ2) is 15.4. The molecule has 0 unspecified atom stereocenters.